The highest BCUT2D eigenvalue weighted by atomic mass is 79.9. The lowest BCUT2D eigenvalue weighted by molar-refractivity contribution is -0.131. The highest BCUT2D eigenvalue weighted by Crippen LogP contribution is 2.21. The van der Waals surface area contributed by atoms with Crippen molar-refractivity contribution >= 4 is 27.5 Å². The minimum atomic E-state index is 0.299. The van der Waals surface area contributed by atoms with Crippen LogP contribution in [0, 0.1) is 0 Å². The summed E-state index contributed by atoms with van der Waals surface area (Å²) in [6.07, 6.45) is 4.70. The Hall–Kier alpha value is -2.01. The molecule has 0 unspecified atom stereocenters. The fourth-order valence-electron chi connectivity index (χ4n) is 3.63. The smallest absolute Gasteiger partial charge is 0.222 e. The van der Waals surface area contributed by atoms with Gasteiger partial charge in [-0.3, -0.25) is 4.79 Å². The summed E-state index contributed by atoms with van der Waals surface area (Å²) in [5.74, 6) is 1.17. The first-order valence-electron chi connectivity index (χ1n) is 10.1. The van der Waals surface area contributed by atoms with Crippen molar-refractivity contribution in [1.82, 2.24) is 4.90 Å². The molecule has 1 heterocycles. The Bertz CT molecular complexity index is 746. The SMILES string of the molecule is COc1ccc(N2CCCN(C(=O)CCCCc3ccc(Br)cc3)CC2)cc1. The second-order valence-corrected chi connectivity index (χ2v) is 8.17. The van der Waals surface area contributed by atoms with E-state index in [1.54, 1.807) is 7.11 Å². The Balaban J connectivity index is 1.41. The molecule has 28 heavy (non-hydrogen) atoms. The molecule has 1 aliphatic heterocycles. The second kappa shape index (κ2) is 10.5. The molecule has 2 aromatic rings. The van der Waals surface area contributed by atoms with Gasteiger partial charge in [0, 0.05) is 42.8 Å². The molecule has 3 rings (SSSR count). The number of hydrogen-bond acceptors (Lipinski definition) is 3. The van der Waals surface area contributed by atoms with Gasteiger partial charge < -0.3 is 14.5 Å². The molecular weight excluding hydrogens is 416 g/mol. The van der Waals surface area contributed by atoms with Gasteiger partial charge in [-0.1, -0.05) is 28.1 Å². The number of halogens is 1. The number of methoxy groups -OCH3 is 1. The zero-order valence-electron chi connectivity index (χ0n) is 16.6. The number of nitrogens with zero attached hydrogens (tertiary/aromatic N) is 2. The molecule has 4 nitrogen and oxygen atoms in total. The molecule has 1 amide bonds. The average Bonchev–Trinajstić information content (AvgIpc) is 2.99. The van der Waals surface area contributed by atoms with Crippen molar-refractivity contribution in [2.75, 3.05) is 38.2 Å². The summed E-state index contributed by atoms with van der Waals surface area (Å²) in [4.78, 5) is 17.0. The molecule has 0 spiro atoms. The fraction of sp³-hybridized carbons (Fsp3) is 0.435. The summed E-state index contributed by atoms with van der Waals surface area (Å²) >= 11 is 3.46. The number of carbonyl (C=O) groups is 1. The Morgan fingerprint density at radius 2 is 1.71 bits per heavy atom. The van der Waals surface area contributed by atoms with Crippen molar-refractivity contribution in [2.45, 2.75) is 32.1 Å². The van der Waals surface area contributed by atoms with Gasteiger partial charge in [0.05, 0.1) is 7.11 Å². The third-order valence-corrected chi connectivity index (χ3v) is 5.83. The number of carbonyl (C=O) groups excluding carboxylic acids is 1. The van der Waals surface area contributed by atoms with E-state index in [4.69, 9.17) is 4.74 Å². The molecule has 0 aliphatic carbocycles. The first kappa shape index (κ1) is 20.7. The number of amides is 1. The Labute approximate surface area is 176 Å². The average molecular weight is 445 g/mol. The molecule has 0 N–H and O–H groups in total. The van der Waals surface area contributed by atoms with Crippen LogP contribution < -0.4 is 9.64 Å². The molecule has 0 saturated carbocycles. The van der Waals surface area contributed by atoms with Crippen LogP contribution in [0.2, 0.25) is 0 Å². The van der Waals surface area contributed by atoms with Crippen LogP contribution in [0.4, 0.5) is 5.69 Å². The molecule has 2 aromatic carbocycles. The molecule has 1 saturated heterocycles. The predicted molar refractivity (Wildman–Crippen MR) is 118 cm³/mol. The summed E-state index contributed by atoms with van der Waals surface area (Å²) in [6, 6.07) is 16.6. The predicted octanol–water partition coefficient (Wildman–Crippen LogP) is 4.91. The van der Waals surface area contributed by atoms with Gasteiger partial charge in [0.1, 0.15) is 5.75 Å². The summed E-state index contributed by atoms with van der Waals surface area (Å²) < 4.78 is 6.34. The van der Waals surface area contributed by atoms with Gasteiger partial charge in [0.15, 0.2) is 0 Å². The van der Waals surface area contributed by atoms with Crippen LogP contribution in [-0.2, 0) is 11.2 Å². The zero-order chi connectivity index (χ0) is 19.8. The number of anilines is 1. The van der Waals surface area contributed by atoms with E-state index in [9.17, 15) is 4.79 Å². The molecule has 0 radical (unpaired) electrons. The third-order valence-electron chi connectivity index (χ3n) is 5.31. The minimum Gasteiger partial charge on any atom is -0.497 e. The molecule has 5 heteroatoms. The minimum absolute atomic E-state index is 0.299. The maximum absolute atomic E-state index is 12.6. The lowest BCUT2D eigenvalue weighted by Gasteiger charge is -2.24. The Morgan fingerprint density at radius 1 is 0.964 bits per heavy atom. The second-order valence-electron chi connectivity index (χ2n) is 7.25. The standard InChI is InChI=1S/C23H29BrN2O2/c1-28-22-13-11-21(12-14-22)25-15-4-16-26(18-17-25)23(27)6-3-2-5-19-7-9-20(24)10-8-19/h7-14H,2-6,15-18H2,1H3. The molecule has 150 valence electrons. The monoisotopic (exact) mass is 444 g/mol. The van der Waals surface area contributed by atoms with E-state index >= 15 is 0 Å². The van der Waals surface area contributed by atoms with E-state index in [-0.39, 0.29) is 0 Å². The van der Waals surface area contributed by atoms with E-state index in [0.717, 1.165) is 62.1 Å². The highest BCUT2D eigenvalue weighted by molar-refractivity contribution is 9.10. The summed E-state index contributed by atoms with van der Waals surface area (Å²) in [5, 5.41) is 0. The molecule has 0 aromatic heterocycles. The van der Waals surface area contributed by atoms with Crippen LogP contribution in [0.3, 0.4) is 0 Å². The summed E-state index contributed by atoms with van der Waals surface area (Å²) in [5.41, 5.74) is 2.53. The van der Waals surface area contributed by atoms with Crippen molar-refractivity contribution in [2.24, 2.45) is 0 Å². The van der Waals surface area contributed by atoms with Crippen LogP contribution in [-0.4, -0.2) is 44.1 Å². The van der Waals surface area contributed by atoms with E-state index in [0.29, 0.717) is 12.3 Å². The van der Waals surface area contributed by atoms with Gasteiger partial charge in [-0.25, -0.2) is 0 Å². The Morgan fingerprint density at radius 3 is 2.43 bits per heavy atom. The topological polar surface area (TPSA) is 32.8 Å². The van der Waals surface area contributed by atoms with Gasteiger partial charge in [-0.05, 0) is 67.6 Å². The van der Waals surface area contributed by atoms with Crippen LogP contribution >= 0.6 is 15.9 Å². The van der Waals surface area contributed by atoms with Crippen molar-refractivity contribution in [3.05, 3.63) is 58.6 Å². The Kier molecular flexibility index (Phi) is 7.78. The largest absolute Gasteiger partial charge is 0.497 e. The number of ether oxygens (including phenoxy) is 1. The highest BCUT2D eigenvalue weighted by Gasteiger charge is 2.19. The van der Waals surface area contributed by atoms with Gasteiger partial charge in [-0.2, -0.15) is 0 Å². The van der Waals surface area contributed by atoms with Crippen molar-refractivity contribution < 1.29 is 9.53 Å². The maximum Gasteiger partial charge on any atom is 0.222 e. The summed E-state index contributed by atoms with van der Waals surface area (Å²) in [7, 11) is 1.68. The van der Waals surface area contributed by atoms with Crippen molar-refractivity contribution in [1.29, 1.82) is 0 Å². The summed E-state index contributed by atoms with van der Waals surface area (Å²) in [6.45, 7) is 3.53. The fourth-order valence-corrected chi connectivity index (χ4v) is 3.90. The maximum atomic E-state index is 12.6. The molecule has 1 fully saturated rings. The number of unbranched alkanes of at least 4 members (excludes halogenated alkanes) is 1. The van der Waals surface area contributed by atoms with Crippen molar-refractivity contribution in [3.8, 4) is 5.75 Å². The van der Waals surface area contributed by atoms with Crippen LogP contribution in [0.15, 0.2) is 53.0 Å². The normalized spacial score (nSPS) is 14.6. The van der Waals surface area contributed by atoms with Crippen molar-refractivity contribution in [3.63, 3.8) is 0 Å². The van der Waals surface area contributed by atoms with E-state index < -0.39 is 0 Å². The van der Waals surface area contributed by atoms with Gasteiger partial charge in [0.25, 0.3) is 0 Å². The number of hydrogen-bond donors (Lipinski definition) is 0. The molecule has 0 atom stereocenters. The third kappa shape index (κ3) is 5.99. The first-order chi connectivity index (χ1) is 13.7. The van der Waals surface area contributed by atoms with Crippen LogP contribution in [0.1, 0.15) is 31.2 Å². The van der Waals surface area contributed by atoms with Gasteiger partial charge >= 0.3 is 0 Å². The number of benzene rings is 2. The van der Waals surface area contributed by atoms with E-state index in [2.05, 4.69) is 57.2 Å². The quantitative estimate of drug-likeness (QED) is 0.568. The van der Waals surface area contributed by atoms with Crippen LogP contribution in [0.25, 0.3) is 0 Å². The molecular formula is C23H29BrN2O2. The molecule has 1 aliphatic rings. The lowest BCUT2D eigenvalue weighted by Crippen LogP contribution is -2.35. The van der Waals surface area contributed by atoms with Gasteiger partial charge in [-0.15, -0.1) is 0 Å². The van der Waals surface area contributed by atoms with E-state index in [1.807, 2.05) is 17.0 Å². The molecule has 0 bridgehead atoms. The van der Waals surface area contributed by atoms with Crippen LogP contribution in [0.5, 0.6) is 5.75 Å². The van der Waals surface area contributed by atoms with Gasteiger partial charge in [0.2, 0.25) is 5.91 Å². The first-order valence-corrected chi connectivity index (χ1v) is 10.9. The zero-order valence-corrected chi connectivity index (χ0v) is 18.2. The number of rotatable bonds is 7. The lowest BCUT2D eigenvalue weighted by atomic mass is 10.1. The number of aryl methyl sites for hydroxylation is 1. The van der Waals surface area contributed by atoms with E-state index in [1.165, 1.54) is 11.3 Å².